The lowest BCUT2D eigenvalue weighted by Crippen LogP contribution is -2.35. The van der Waals surface area contributed by atoms with Gasteiger partial charge in [-0.3, -0.25) is 4.79 Å². The maximum Gasteiger partial charge on any atom is 0.258 e. The highest BCUT2D eigenvalue weighted by Crippen LogP contribution is 2.43. The van der Waals surface area contributed by atoms with Gasteiger partial charge in [0, 0.05) is 18.6 Å². The van der Waals surface area contributed by atoms with E-state index in [9.17, 15) is 4.79 Å². The number of aromatic nitrogens is 1. The molecule has 6 heteroatoms. The van der Waals surface area contributed by atoms with Crippen molar-refractivity contribution in [1.82, 2.24) is 9.69 Å². The molecule has 3 N–H and O–H groups in total. The number of carbonyl (C=O) groups is 1. The summed E-state index contributed by atoms with van der Waals surface area (Å²) in [6, 6.07) is 0.685. The third-order valence-corrected chi connectivity index (χ3v) is 4.92. The van der Waals surface area contributed by atoms with Crippen LogP contribution >= 0.6 is 11.5 Å². The molecule has 1 aliphatic carbocycles. The van der Waals surface area contributed by atoms with Gasteiger partial charge in [-0.15, -0.1) is 0 Å². The molecule has 0 radical (unpaired) electrons. The van der Waals surface area contributed by atoms with Crippen molar-refractivity contribution in [2.75, 3.05) is 17.2 Å². The first-order chi connectivity index (χ1) is 9.06. The standard InChI is InChI=1S/C13H20N4OS/c1-7(2)15-12(18)10-11(14)16-19-13(10)17-6-8-3-4-9(17)5-8/h7-9H,3-6H2,1-2H3,(H2,14,16)(H,15,18). The van der Waals surface area contributed by atoms with E-state index in [2.05, 4.69) is 14.6 Å². The number of piperidine rings is 1. The van der Waals surface area contributed by atoms with Gasteiger partial charge in [0.1, 0.15) is 10.6 Å². The Morgan fingerprint density at radius 3 is 2.89 bits per heavy atom. The van der Waals surface area contributed by atoms with Gasteiger partial charge >= 0.3 is 0 Å². The fraction of sp³-hybridized carbons (Fsp3) is 0.692. The Bertz CT molecular complexity index is 499. The third-order valence-electron chi connectivity index (χ3n) is 4.02. The number of nitrogens with zero attached hydrogens (tertiary/aromatic N) is 2. The van der Waals surface area contributed by atoms with Gasteiger partial charge < -0.3 is 16.0 Å². The van der Waals surface area contributed by atoms with Gasteiger partial charge in [-0.2, -0.15) is 4.37 Å². The van der Waals surface area contributed by atoms with Crippen LogP contribution in [0.4, 0.5) is 10.8 Å². The van der Waals surface area contributed by atoms with Crippen LogP contribution in [0.15, 0.2) is 0 Å². The molecule has 104 valence electrons. The number of anilines is 2. The Morgan fingerprint density at radius 1 is 1.53 bits per heavy atom. The molecule has 1 aromatic heterocycles. The molecular formula is C13H20N4OS. The Morgan fingerprint density at radius 2 is 2.32 bits per heavy atom. The normalized spacial score (nSPS) is 25.3. The average Bonchev–Trinajstić information content (AvgIpc) is 3.01. The lowest BCUT2D eigenvalue weighted by molar-refractivity contribution is 0.0944. The number of hydrogen-bond donors (Lipinski definition) is 2. The van der Waals surface area contributed by atoms with E-state index in [0.717, 1.165) is 17.5 Å². The highest BCUT2D eigenvalue weighted by Gasteiger charge is 2.40. The maximum absolute atomic E-state index is 12.3. The van der Waals surface area contributed by atoms with Crippen LogP contribution in [0.2, 0.25) is 0 Å². The van der Waals surface area contributed by atoms with Gasteiger partial charge in [0.05, 0.1) is 0 Å². The van der Waals surface area contributed by atoms with Gasteiger partial charge in [0.15, 0.2) is 5.82 Å². The van der Waals surface area contributed by atoms with Crippen LogP contribution in [0.3, 0.4) is 0 Å². The van der Waals surface area contributed by atoms with E-state index in [1.807, 2.05) is 13.8 Å². The maximum atomic E-state index is 12.3. The topological polar surface area (TPSA) is 71.2 Å². The van der Waals surface area contributed by atoms with Gasteiger partial charge in [0.2, 0.25) is 0 Å². The largest absolute Gasteiger partial charge is 0.382 e. The Kier molecular flexibility index (Phi) is 3.12. The van der Waals surface area contributed by atoms with Crippen molar-refractivity contribution < 1.29 is 4.79 Å². The summed E-state index contributed by atoms with van der Waals surface area (Å²) in [6.07, 6.45) is 3.81. The van der Waals surface area contributed by atoms with Gasteiger partial charge in [-0.05, 0) is 50.6 Å². The first kappa shape index (κ1) is 12.7. The van der Waals surface area contributed by atoms with Crippen molar-refractivity contribution >= 4 is 28.3 Å². The van der Waals surface area contributed by atoms with Crippen LogP contribution in [0.5, 0.6) is 0 Å². The Balaban J connectivity index is 1.88. The van der Waals surface area contributed by atoms with Gasteiger partial charge in [0.25, 0.3) is 5.91 Å². The summed E-state index contributed by atoms with van der Waals surface area (Å²) in [5.41, 5.74) is 6.47. The fourth-order valence-corrected chi connectivity index (χ4v) is 4.10. The number of amides is 1. The molecule has 1 amide bonds. The molecule has 1 saturated heterocycles. The number of nitrogen functional groups attached to an aromatic ring is 1. The second-order valence-electron chi connectivity index (χ2n) is 5.86. The van der Waals surface area contributed by atoms with Crippen molar-refractivity contribution in [2.45, 2.75) is 45.2 Å². The summed E-state index contributed by atoms with van der Waals surface area (Å²) >= 11 is 1.36. The summed E-state index contributed by atoms with van der Waals surface area (Å²) in [5.74, 6) is 1.05. The van der Waals surface area contributed by atoms with E-state index >= 15 is 0 Å². The number of nitrogens with one attached hydrogen (secondary N) is 1. The zero-order valence-electron chi connectivity index (χ0n) is 11.3. The molecule has 2 fully saturated rings. The van der Waals surface area contributed by atoms with Gasteiger partial charge in [-0.25, -0.2) is 0 Å². The Labute approximate surface area is 117 Å². The minimum atomic E-state index is -0.0981. The fourth-order valence-electron chi connectivity index (χ4n) is 3.21. The highest BCUT2D eigenvalue weighted by atomic mass is 32.1. The first-order valence-electron chi connectivity index (χ1n) is 6.89. The molecule has 2 aliphatic rings. The summed E-state index contributed by atoms with van der Waals surface area (Å²) < 4.78 is 4.19. The smallest absolute Gasteiger partial charge is 0.258 e. The monoisotopic (exact) mass is 280 g/mol. The number of nitrogens with two attached hydrogens (primary N) is 1. The average molecular weight is 280 g/mol. The van der Waals surface area contributed by atoms with Crippen LogP contribution in [0.1, 0.15) is 43.5 Å². The Hall–Kier alpha value is -1.30. The lowest BCUT2D eigenvalue weighted by Gasteiger charge is -2.28. The third kappa shape index (κ3) is 2.18. The van der Waals surface area contributed by atoms with Crippen molar-refractivity contribution in [1.29, 1.82) is 0 Å². The molecule has 2 bridgehead atoms. The molecule has 0 spiro atoms. The van der Waals surface area contributed by atoms with E-state index in [1.54, 1.807) is 0 Å². The number of fused-ring (bicyclic) bond motifs is 2. The predicted molar refractivity (Wildman–Crippen MR) is 77.6 cm³/mol. The zero-order chi connectivity index (χ0) is 13.6. The summed E-state index contributed by atoms with van der Waals surface area (Å²) in [6.45, 7) is 4.95. The molecule has 1 aromatic rings. The SMILES string of the molecule is CC(C)NC(=O)c1c(N)nsc1N1CC2CCC1C2. The molecule has 1 aliphatic heterocycles. The zero-order valence-corrected chi connectivity index (χ0v) is 12.2. The van der Waals surface area contributed by atoms with Crippen LogP contribution in [-0.4, -0.2) is 28.9 Å². The van der Waals surface area contributed by atoms with Gasteiger partial charge in [-0.1, -0.05) is 0 Å². The van der Waals surface area contributed by atoms with Crippen LogP contribution in [-0.2, 0) is 0 Å². The van der Waals surface area contributed by atoms with Crippen molar-refractivity contribution in [3.63, 3.8) is 0 Å². The van der Waals surface area contributed by atoms with E-state index in [-0.39, 0.29) is 11.9 Å². The molecule has 1 saturated carbocycles. The predicted octanol–water partition coefficient (Wildman–Crippen LogP) is 1.85. The second-order valence-corrected chi connectivity index (χ2v) is 6.61. The minimum Gasteiger partial charge on any atom is -0.382 e. The second kappa shape index (κ2) is 4.67. The molecule has 3 rings (SSSR count). The molecular weight excluding hydrogens is 260 g/mol. The van der Waals surface area contributed by atoms with Crippen LogP contribution in [0.25, 0.3) is 0 Å². The van der Waals surface area contributed by atoms with Crippen molar-refractivity contribution in [2.24, 2.45) is 5.92 Å². The van der Waals surface area contributed by atoms with Crippen LogP contribution in [0, 0.1) is 5.92 Å². The van der Waals surface area contributed by atoms with E-state index in [0.29, 0.717) is 17.4 Å². The van der Waals surface area contributed by atoms with Crippen LogP contribution < -0.4 is 16.0 Å². The molecule has 2 unspecified atom stereocenters. The number of hydrogen-bond acceptors (Lipinski definition) is 5. The van der Waals surface area contributed by atoms with E-state index in [1.165, 1.54) is 30.8 Å². The molecule has 5 nitrogen and oxygen atoms in total. The molecule has 0 aromatic carbocycles. The van der Waals surface area contributed by atoms with E-state index < -0.39 is 0 Å². The van der Waals surface area contributed by atoms with Crippen molar-refractivity contribution in [3.8, 4) is 0 Å². The molecule has 19 heavy (non-hydrogen) atoms. The van der Waals surface area contributed by atoms with Crippen molar-refractivity contribution in [3.05, 3.63) is 5.56 Å². The highest BCUT2D eigenvalue weighted by molar-refractivity contribution is 7.11. The minimum absolute atomic E-state index is 0.0981. The lowest BCUT2D eigenvalue weighted by atomic mass is 10.1. The molecule has 2 atom stereocenters. The number of rotatable bonds is 3. The molecule has 2 heterocycles. The summed E-state index contributed by atoms with van der Waals surface area (Å²) in [5, 5.41) is 3.88. The van der Waals surface area contributed by atoms with E-state index in [4.69, 9.17) is 5.73 Å². The number of carbonyl (C=O) groups excluding carboxylic acids is 1. The quantitative estimate of drug-likeness (QED) is 0.886. The summed E-state index contributed by atoms with van der Waals surface area (Å²) in [7, 11) is 0. The first-order valence-corrected chi connectivity index (χ1v) is 7.66. The summed E-state index contributed by atoms with van der Waals surface area (Å²) in [4.78, 5) is 14.6.